The van der Waals surface area contributed by atoms with Gasteiger partial charge in [-0.05, 0) is 116 Å². The second-order valence-corrected chi connectivity index (χ2v) is 15.8. The third-order valence-electron chi connectivity index (χ3n) is 7.68. The van der Waals surface area contributed by atoms with Crippen LogP contribution >= 0.6 is 0 Å². The standard InChI is InChI=1S/C32H29N7O10S3/c1-16-9-26(17(2)8-25(16)35-34-21-6-5-7-22(14-21)50(41,42)43)36-37-27-10-19(4)28(11-18(27)3)38-39-31-30(52(47,48)49)13-20-12-29(51(44,45)46)24(33)15-23(20)32(31)40/h5-15,40H,33H2,1-4H3,(H,41,42,43)(H,44,45,46)(H,47,48,49). The summed E-state index contributed by atoms with van der Waals surface area (Å²) in [7, 11) is -14.2. The van der Waals surface area contributed by atoms with Gasteiger partial charge in [-0.1, -0.05) is 6.07 Å². The molecule has 0 unspecified atom stereocenters. The fraction of sp³-hybridized carbons (Fsp3) is 0.125. The number of azo groups is 3. The molecule has 5 aromatic carbocycles. The van der Waals surface area contributed by atoms with Gasteiger partial charge in [0.05, 0.1) is 39.0 Å². The number of phenols is 1. The molecular formula is C32H29N7O10S3. The van der Waals surface area contributed by atoms with Gasteiger partial charge in [0, 0.05) is 5.39 Å². The van der Waals surface area contributed by atoms with Crippen LogP contribution < -0.4 is 5.73 Å². The molecule has 0 amide bonds. The van der Waals surface area contributed by atoms with Gasteiger partial charge in [0.2, 0.25) is 0 Å². The number of phenolic OH excluding ortho intramolecular Hbond substituents is 1. The van der Waals surface area contributed by atoms with Gasteiger partial charge in [-0.15, -0.1) is 5.11 Å². The van der Waals surface area contributed by atoms with Crippen molar-refractivity contribution in [3.63, 3.8) is 0 Å². The number of anilines is 1. The van der Waals surface area contributed by atoms with E-state index in [9.17, 15) is 44.0 Å². The van der Waals surface area contributed by atoms with E-state index in [1.807, 2.05) is 0 Å². The van der Waals surface area contributed by atoms with E-state index in [1.165, 1.54) is 24.3 Å². The summed E-state index contributed by atoms with van der Waals surface area (Å²) < 4.78 is 99.4. The van der Waals surface area contributed by atoms with Crippen molar-refractivity contribution in [3.05, 3.63) is 89.0 Å². The van der Waals surface area contributed by atoms with Gasteiger partial charge in [0.25, 0.3) is 30.4 Å². The van der Waals surface area contributed by atoms with Crippen molar-refractivity contribution < 1.29 is 44.0 Å². The third-order valence-corrected chi connectivity index (χ3v) is 10.3. The predicted octanol–water partition coefficient (Wildman–Crippen LogP) is 8.35. The minimum Gasteiger partial charge on any atom is -0.505 e. The zero-order chi connectivity index (χ0) is 38.3. The summed E-state index contributed by atoms with van der Waals surface area (Å²) in [5.74, 6) is -0.772. The van der Waals surface area contributed by atoms with Gasteiger partial charge in [-0.2, -0.15) is 50.8 Å². The number of nitrogens with two attached hydrogens (primary N) is 1. The number of aromatic hydroxyl groups is 1. The van der Waals surface area contributed by atoms with E-state index in [0.717, 1.165) is 18.2 Å². The van der Waals surface area contributed by atoms with Gasteiger partial charge < -0.3 is 10.8 Å². The highest BCUT2D eigenvalue weighted by atomic mass is 32.2. The molecule has 52 heavy (non-hydrogen) atoms. The molecule has 0 spiro atoms. The second-order valence-electron chi connectivity index (χ2n) is 11.6. The van der Waals surface area contributed by atoms with Gasteiger partial charge in [0.1, 0.15) is 15.5 Å². The maximum atomic E-state index is 12.3. The summed E-state index contributed by atoms with van der Waals surface area (Å²) in [5, 5.41) is 35.7. The summed E-state index contributed by atoms with van der Waals surface area (Å²) in [6.45, 7) is 6.97. The average molecular weight is 768 g/mol. The summed E-state index contributed by atoms with van der Waals surface area (Å²) >= 11 is 0. The van der Waals surface area contributed by atoms with E-state index < -0.39 is 57.3 Å². The van der Waals surface area contributed by atoms with Crippen LogP contribution in [0.4, 0.5) is 39.8 Å². The lowest BCUT2D eigenvalue weighted by Gasteiger charge is -2.11. The van der Waals surface area contributed by atoms with Crippen LogP contribution in [0.25, 0.3) is 10.8 Å². The topological polar surface area (TPSA) is 284 Å². The van der Waals surface area contributed by atoms with Crippen molar-refractivity contribution in [2.24, 2.45) is 30.7 Å². The van der Waals surface area contributed by atoms with Crippen molar-refractivity contribution in [3.8, 4) is 5.75 Å². The first-order valence-corrected chi connectivity index (χ1v) is 19.0. The minimum absolute atomic E-state index is 0.123. The number of hydrogen-bond acceptors (Lipinski definition) is 14. The Labute approximate surface area is 297 Å². The molecule has 0 aliphatic carbocycles. The zero-order valence-electron chi connectivity index (χ0n) is 27.6. The number of fused-ring (bicyclic) bond motifs is 1. The maximum Gasteiger partial charge on any atom is 0.296 e. The van der Waals surface area contributed by atoms with Crippen LogP contribution in [0.1, 0.15) is 22.3 Å². The van der Waals surface area contributed by atoms with Crippen LogP contribution in [0.5, 0.6) is 5.75 Å². The van der Waals surface area contributed by atoms with Crippen molar-refractivity contribution in [1.29, 1.82) is 0 Å². The van der Waals surface area contributed by atoms with Crippen molar-refractivity contribution >= 4 is 80.9 Å². The monoisotopic (exact) mass is 767 g/mol. The Morgan fingerprint density at radius 3 is 1.44 bits per heavy atom. The van der Waals surface area contributed by atoms with Crippen LogP contribution in [0.15, 0.2) is 112 Å². The Kier molecular flexibility index (Phi) is 10.1. The first-order chi connectivity index (χ1) is 24.1. The molecule has 0 aliphatic heterocycles. The molecule has 0 aromatic heterocycles. The highest BCUT2D eigenvalue weighted by Gasteiger charge is 2.24. The zero-order valence-corrected chi connectivity index (χ0v) is 30.0. The molecule has 270 valence electrons. The molecule has 0 radical (unpaired) electrons. The number of rotatable bonds is 9. The number of nitrogen functional groups attached to an aromatic ring is 1. The Morgan fingerprint density at radius 2 is 0.981 bits per heavy atom. The van der Waals surface area contributed by atoms with E-state index >= 15 is 0 Å². The van der Waals surface area contributed by atoms with E-state index in [4.69, 9.17) is 5.73 Å². The normalized spacial score (nSPS) is 12.9. The SMILES string of the molecule is Cc1cc(N=Nc2cc(C)c(N=Nc3c(S(=O)(=O)O)cc4cc(S(=O)(=O)O)c(N)cc4c3O)cc2C)c(C)cc1N=Nc1cccc(S(=O)(=O)O)c1. The number of aryl methyl sites for hydroxylation is 4. The first kappa shape index (κ1) is 37.7. The maximum absolute atomic E-state index is 12.3. The quantitative estimate of drug-likeness (QED) is 0.0539. The van der Waals surface area contributed by atoms with E-state index in [-0.39, 0.29) is 27.0 Å². The van der Waals surface area contributed by atoms with Crippen LogP contribution in [0.3, 0.4) is 0 Å². The second kappa shape index (κ2) is 13.9. The van der Waals surface area contributed by atoms with Gasteiger partial charge in [-0.25, -0.2) is 0 Å². The van der Waals surface area contributed by atoms with Gasteiger partial charge in [-0.3, -0.25) is 13.7 Å². The molecular weight excluding hydrogens is 739 g/mol. The summed E-state index contributed by atoms with van der Waals surface area (Å²) in [6, 6.07) is 14.8. The summed E-state index contributed by atoms with van der Waals surface area (Å²) in [5.41, 5.74) is 9.16. The lowest BCUT2D eigenvalue weighted by atomic mass is 10.1. The number of nitrogens with zero attached hydrogens (tertiary/aromatic N) is 6. The predicted molar refractivity (Wildman–Crippen MR) is 190 cm³/mol. The largest absolute Gasteiger partial charge is 0.505 e. The molecule has 0 saturated heterocycles. The Morgan fingerprint density at radius 1 is 0.538 bits per heavy atom. The molecule has 20 heteroatoms. The smallest absolute Gasteiger partial charge is 0.296 e. The van der Waals surface area contributed by atoms with Gasteiger partial charge in [0.15, 0.2) is 5.75 Å². The molecule has 5 rings (SSSR count). The molecule has 0 fully saturated rings. The Balaban J connectivity index is 1.44. The lowest BCUT2D eigenvalue weighted by molar-refractivity contribution is 0.472. The summed E-state index contributed by atoms with van der Waals surface area (Å²) in [4.78, 5) is -1.92. The molecule has 6 N–H and O–H groups in total. The fourth-order valence-electron chi connectivity index (χ4n) is 4.94. The highest BCUT2D eigenvalue weighted by molar-refractivity contribution is 7.86. The minimum atomic E-state index is -5.02. The fourth-order valence-corrected chi connectivity index (χ4v) is 6.75. The van der Waals surface area contributed by atoms with Crippen LogP contribution in [-0.4, -0.2) is 44.0 Å². The molecule has 5 aromatic rings. The Hall–Kier alpha value is -5.51. The summed E-state index contributed by atoms with van der Waals surface area (Å²) in [6.07, 6.45) is 0. The number of benzene rings is 5. The van der Waals surface area contributed by atoms with E-state index in [2.05, 4.69) is 30.7 Å². The van der Waals surface area contributed by atoms with Gasteiger partial charge >= 0.3 is 0 Å². The molecule has 17 nitrogen and oxygen atoms in total. The van der Waals surface area contributed by atoms with E-state index in [0.29, 0.717) is 39.3 Å². The lowest BCUT2D eigenvalue weighted by Crippen LogP contribution is -2.04. The molecule has 0 bridgehead atoms. The van der Waals surface area contributed by atoms with Crippen LogP contribution in [0.2, 0.25) is 0 Å². The van der Waals surface area contributed by atoms with Crippen molar-refractivity contribution in [1.82, 2.24) is 0 Å². The first-order valence-electron chi connectivity index (χ1n) is 14.7. The van der Waals surface area contributed by atoms with Crippen LogP contribution in [0, 0.1) is 27.7 Å². The molecule has 0 atom stereocenters. The van der Waals surface area contributed by atoms with Crippen molar-refractivity contribution in [2.45, 2.75) is 42.4 Å². The van der Waals surface area contributed by atoms with Crippen LogP contribution in [-0.2, 0) is 30.4 Å². The molecule has 0 saturated carbocycles. The van der Waals surface area contributed by atoms with Crippen molar-refractivity contribution in [2.75, 3.05) is 5.73 Å². The number of hydrogen-bond donors (Lipinski definition) is 5. The molecule has 0 aliphatic rings. The Bertz CT molecular complexity index is 2730. The van der Waals surface area contributed by atoms with E-state index in [1.54, 1.807) is 52.0 Å². The third kappa shape index (κ3) is 8.17. The highest BCUT2D eigenvalue weighted by Crippen LogP contribution is 2.43. The average Bonchev–Trinajstić information content (AvgIpc) is 3.04. The molecule has 0 heterocycles.